The maximum atomic E-state index is 6.20. The Balaban J connectivity index is 2.30. The van der Waals surface area contributed by atoms with Crippen molar-refractivity contribution in [2.45, 2.75) is 13.8 Å². The molecule has 102 valence electrons. The maximum Gasteiger partial charge on any atom is 0.173 e. The van der Waals surface area contributed by atoms with Crippen LogP contribution in [0, 0.1) is 6.92 Å². The van der Waals surface area contributed by atoms with Crippen molar-refractivity contribution in [2.24, 2.45) is 0 Å². The van der Waals surface area contributed by atoms with E-state index in [0.29, 0.717) is 10.8 Å². The number of para-hydroxylation sites is 1. The molecule has 0 aliphatic heterocycles. The monoisotopic (exact) mass is 303 g/mol. The first-order valence-electron chi connectivity index (χ1n) is 6.45. The van der Waals surface area contributed by atoms with Crippen LogP contribution in [0.5, 0.6) is 0 Å². The Morgan fingerprint density at radius 3 is 2.80 bits per heavy atom. The highest BCUT2D eigenvalue weighted by Crippen LogP contribution is 2.33. The number of thiophene rings is 1. The lowest BCUT2D eigenvalue weighted by molar-refractivity contribution is 1.15. The first kappa shape index (κ1) is 13.3. The molecule has 2 aromatic heterocycles. The average Bonchev–Trinajstić information content (AvgIpc) is 2.86. The molecular formula is C15H14ClN3S. The molecule has 5 heteroatoms. The summed E-state index contributed by atoms with van der Waals surface area (Å²) in [6.45, 7) is 4.93. The van der Waals surface area contributed by atoms with Gasteiger partial charge in [-0.2, -0.15) is 0 Å². The molecule has 0 aliphatic carbocycles. The molecule has 0 fully saturated rings. The molecule has 0 unspecified atom stereocenters. The van der Waals surface area contributed by atoms with Crippen molar-refractivity contribution in [3.8, 4) is 10.7 Å². The third-order valence-corrected chi connectivity index (χ3v) is 4.43. The minimum Gasteiger partial charge on any atom is -0.370 e. The van der Waals surface area contributed by atoms with Gasteiger partial charge in [-0.15, -0.1) is 11.3 Å². The van der Waals surface area contributed by atoms with E-state index in [0.717, 1.165) is 33.7 Å². The largest absolute Gasteiger partial charge is 0.370 e. The normalized spacial score (nSPS) is 10.9. The van der Waals surface area contributed by atoms with Gasteiger partial charge in [-0.05, 0) is 36.9 Å². The number of fused-ring (bicyclic) bond motifs is 1. The topological polar surface area (TPSA) is 37.8 Å². The summed E-state index contributed by atoms with van der Waals surface area (Å²) < 4.78 is 0. The molecule has 0 saturated carbocycles. The Bertz CT molecular complexity index is 767. The van der Waals surface area contributed by atoms with Crippen molar-refractivity contribution in [3.05, 3.63) is 40.2 Å². The second-order valence-corrected chi connectivity index (χ2v) is 5.82. The number of rotatable bonds is 3. The average molecular weight is 304 g/mol. The number of anilines is 1. The number of hydrogen-bond acceptors (Lipinski definition) is 4. The van der Waals surface area contributed by atoms with Gasteiger partial charge in [0.2, 0.25) is 0 Å². The summed E-state index contributed by atoms with van der Waals surface area (Å²) in [7, 11) is 0. The number of nitrogens with one attached hydrogen (secondary N) is 1. The molecule has 0 aliphatic rings. The van der Waals surface area contributed by atoms with Crippen molar-refractivity contribution < 1.29 is 0 Å². The summed E-state index contributed by atoms with van der Waals surface area (Å²) in [5, 5.41) is 7.01. The molecule has 0 radical (unpaired) electrons. The van der Waals surface area contributed by atoms with Crippen LogP contribution in [0.1, 0.15) is 12.5 Å². The lowest BCUT2D eigenvalue weighted by atomic mass is 10.1. The highest BCUT2D eigenvalue weighted by molar-refractivity contribution is 7.14. The predicted octanol–water partition coefficient (Wildman–Crippen LogP) is 4.75. The van der Waals surface area contributed by atoms with Crippen LogP contribution in [0.4, 0.5) is 5.82 Å². The van der Waals surface area contributed by atoms with Gasteiger partial charge < -0.3 is 5.32 Å². The van der Waals surface area contributed by atoms with Gasteiger partial charge >= 0.3 is 0 Å². The minimum atomic E-state index is 0.683. The van der Waals surface area contributed by atoms with Crippen LogP contribution in [0.25, 0.3) is 21.6 Å². The van der Waals surface area contributed by atoms with Gasteiger partial charge in [0.25, 0.3) is 0 Å². The first-order chi connectivity index (χ1) is 9.70. The number of benzene rings is 1. The SMILES string of the molecule is CCNc1nc(-c2sccc2Cl)nc2c(C)cccc12. The van der Waals surface area contributed by atoms with Crippen molar-refractivity contribution in [2.75, 3.05) is 11.9 Å². The van der Waals surface area contributed by atoms with Gasteiger partial charge in [0, 0.05) is 11.9 Å². The zero-order valence-corrected chi connectivity index (χ0v) is 12.8. The number of halogens is 1. The molecule has 3 rings (SSSR count). The first-order valence-corrected chi connectivity index (χ1v) is 7.71. The molecule has 1 N–H and O–H groups in total. The molecule has 0 spiro atoms. The number of aryl methyl sites for hydroxylation is 1. The van der Waals surface area contributed by atoms with Gasteiger partial charge in [-0.1, -0.05) is 23.7 Å². The number of hydrogen-bond donors (Lipinski definition) is 1. The molecule has 3 aromatic rings. The predicted molar refractivity (Wildman–Crippen MR) is 86.8 cm³/mol. The minimum absolute atomic E-state index is 0.683. The quantitative estimate of drug-likeness (QED) is 0.758. The Morgan fingerprint density at radius 2 is 2.10 bits per heavy atom. The molecule has 0 atom stereocenters. The van der Waals surface area contributed by atoms with Crippen LogP contribution in [-0.4, -0.2) is 16.5 Å². The molecule has 2 heterocycles. The Kier molecular flexibility index (Phi) is 3.59. The maximum absolute atomic E-state index is 6.20. The van der Waals surface area contributed by atoms with E-state index in [1.165, 1.54) is 0 Å². The summed E-state index contributed by atoms with van der Waals surface area (Å²) >= 11 is 7.76. The molecular weight excluding hydrogens is 290 g/mol. The van der Waals surface area contributed by atoms with Crippen LogP contribution in [0.15, 0.2) is 29.6 Å². The molecule has 0 amide bonds. The van der Waals surface area contributed by atoms with Crippen LogP contribution >= 0.6 is 22.9 Å². The van der Waals surface area contributed by atoms with Crippen LogP contribution < -0.4 is 5.32 Å². The van der Waals surface area contributed by atoms with Gasteiger partial charge in [0.05, 0.1) is 15.4 Å². The van der Waals surface area contributed by atoms with E-state index >= 15 is 0 Å². The fourth-order valence-electron chi connectivity index (χ4n) is 2.15. The summed E-state index contributed by atoms with van der Waals surface area (Å²) in [5.41, 5.74) is 2.11. The second-order valence-electron chi connectivity index (χ2n) is 4.49. The lowest BCUT2D eigenvalue weighted by Gasteiger charge is -2.10. The summed E-state index contributed by atoms with van der Waals surface area (Å²) in [6, 6.07) is 8.00. The number of aromatic nitrogens is 2. The van der Waals surface area contributed by atoms with Crippen molar-refractivity contribution in [1.82, 2.24) is 9.97 Å². The highest BCUT2D eigenvalue weighted by atomic mass is 35.5. The van der Waals surface area contributed by atoms with Crippen molar-refractivity contribution in [3.63, 3.8) is 0 Å². The number of nitrogens with zero attached hydrogens (tertiary/aromatic N) is 2. The van der Waals surface area contributed by atoms with E-state index in [9.17, 15) is 0 Å². The van der Waals surface area contributed by atoms with Gasteiger partial charge in [-0.3, -0.25) is 0 Å². The Labute approximate surface area is 126 Å². The van der Waals surface area contributed by atoms with E-state index in [4.69, 9.17) is 16.6 Å². The molecule has 0 saturated heterocycles. The van der Waals surface area contributed by atoms with E-state index < -0.39 is 0 Å². The fraction of sp³-hybridized carbons (Fsp3) is 0.200. The van der Waals surface area contributed by atoms with Gasteiger partial charge in [-0.25, -0.2) is 9.97 Å². The molecule has 20 heavy (non-hydrogen) atoms. The van der Waals surface area contributed by atoms with Gasteiger partial charge in [0.15, 0.2) is 5.82 Å². The van der Waals surface area contributed by atoms with Crippen LogP contribution in [0.2, 0.25) is 5.02 Å². The third kappa shape index (κ3) is 2.25. The van der Waals surface area contributed by atoms with E-state index in [-0.39, 0.29) is 0 Å². The molecule has 3 nitrogen and oxygen atoms in total. The zero-order chi connectivity index (χ0) is 14.1. The Hall–Kier alpha value is -1.65. The Morgan fingerprint density at radius 1 is 1.25 bits per heavy atom. The fourth-order valence-corrected chi connectivity index (χ4v) is 3.23. The van der Waals surface area contributed by atoms with Crippen LogP contribution in [0.3, 0.4) is 0 Å². The summed E-state index contributed by atoms with van der Waals surface area (Å²) in [4.78, 5) is 10.2. The summed E-state index contributed by atoms with van der Waals surface area (Å²) in [6.07, 6.45) is 0. The highest BCUT2D eigenvalue weighted by Gasteiger charge is 2.13. The second kappa shape index (κ2) is 5.38. The smallest absolute Gasteiger partial charge is 0.173 e. The lowest BCUT2D eigenvalue weighted by Crippen LogP contribution is -2.03. The van der Waals surface area contributed by atoms with E-state index in [1.54, 1.807) is 11.3 Å². The van der Waals surface area contributed by atoms with Crippen molar-refractivity contribution in [1.29, 1.82) is 0 Å². The third-order valence-electron chi connectivity index (χ3n) is 3.09. The molecule has 0 bridgehead atoms. The molecule has 1 aromatic carbocycles. The van der Waals surface area contributed by atoms with Crippen LogP contribution in [-0.2, 0) is 0 Å². The van der Waals surface area contributed by atoms with Gasteiger partial charge in [0.1, 0.15) is 5.82 Å². The standard InChI is InChI=1S/C15H14ClN3S/c1-3-17-14-10-6-4-5-9(2)12(10)18-15(19-14)13-11(16)7-8-20-13/h4-8H,3H2,1-2H3,(H,17,18,19). The van der Waals surface area contributed by atoms with Crippen molar-refractivity contribution >= 4 is 39.7 Å². The van der Waals surface area contributed by atoms with E-state index in [2.05, 4.69) is 30.2 Å². The zero-order valence-electron chi connectivity index (χ0n) is 11.3. The summed E-state index contributed by atoms with van der Waals surface area (Å²) in [5.74, 6) is 1.54. The van der Waals surface area contributed by atoms with E-state index in [1.807, 2.05) is 23.6 Å².